The van der Waals surface area contributed by atoms with Crippen molar-refractivity contribution in [3.05, 3.63) is 22.4 Å². The van der Waals surface area contributed by atoms with E-state index < -0.39 is 10.0 Å². The Hall–Kier alpha value is -0.500. The molecule has 0 saturated heterocycles. The minimum absolute atomic E-state index is 0.0295. The van der Waals surface area contributed by atoms with Crippen LogP contribution < -0.4 is 5.73 Å². The minimum Gasteiger partial charge on any atom is -0.392 e. The third-order valence-electron chi connectivity index (χ3n) is 2.53. The molecule has 1 aromatic rings. The molecule has 0 bridgehead atoms. The molecule has 1 aromatic heterocycles. The molecule has 2 rings (SSSR count). The molecule has 0 radical (unpaired) electrons. The van der Waals surface area contributed by atoms with Crippen molar-refractivity contribution in [2.75, 3.05) is 5.75 Å². The Kier molecular flexibility index (Phi) is 3.82. The molecular formula is C10H14N2O2S3. The van der Waals surface area contributed by atoms with Gasteiger partial charge in [-0.1, -0.05) is 18.3 Å². The second kappa shape index (κ2) is 5.01. The molecular weight excluding hydrogens is 276 g/mol. The number of thiocarbonyl (C=S) groups is 1. The van der Waals surface area contributed by atoms with Crippen LogP contribution in [0.15, 0.2) is 17.5 Å². The van der Waals surface area contributed by atoms with Crippen LogP contribution in [0, 0.1) is 0 Å². The van der Waals surface area contributed by atoms with Crippen molar-refractivity contribution >= 4 is 38.6 Å². The van der Waals surface area contributed by atoms with Gasteiger partial charge in [0.1, 0.15) is 5.75 Å². The highest BCUT2D eigenvalue weighted by molar-refractivity contribution is 7.92. The molecule has 0 atom stereocenters. The zero-order valence-electron chi connectivity index (χ0n) is 9.20. The number of rotatable bonds is 6. The summed E-state index contributed by atoms with van der Waals surface area (Å²) in [6.45, 7) is 0.438. The Balaban J connectivity index is 2.14. The van der Waals surface area contributed by atoms with Crippen LogP contribution in [0.3, 0.4) is 0 Å². The Bertz CT molecular complexity index is 492. The quantitative estimate of drug-likeness (QED) is 0.803. The maximum Gasteiger partial charge on any atom is 0.221 e. The van der Waals surface area contributed by atoms with Crippen LogP contribution in [0.1, 0.15) is 17.7 Å². The van der Waals surface area contributed by atoms with Gasteiger partial charge in [-0.2, -0.15) is 4.31 Å². The molecule has 0 aliphatic heterocycles. The van der Waals surface area contributed by atoms with Gasteiger partial charge in [0.05, 0.1) is 4.99 Å². The maximum atomic E-state index is 12.1. The minimum atomic E-state index is -3.36. The standard InChI is InChI=1S/C10H14N2O2S3/c11-10(15)7-17(13,14)12(8-3-4-8)6-9-2-1-5-16-9/h1-2,5,8H,3-4,6-7H2,(H2,11,15). The summed E-state index contributed by atoms with van der Waals surface area (Å²) in [6.07, 6.45) is 1.86. The lowest BCUT2D eigenvalue weighted by molar-refractivity contribution is 0.404. The zero-order valence-corrected chi connectivity index (χ0v) is 11.7. The fourth-order valence-electron chi connectivity index (χ4n) is 1.64. The summed E-state index contributed by atoms with van der Waals surface area (Å²) >= 11 is 6.25. The van der Waals surface area contributed by atoms with Crippen molar-refractivity contribution in [3.8, 4) is 0 Å². The van der Waals surface area contributed by atoms with Gasteiger partial charge >= 0.3 is 0 Å². The van der Waals surface area contributed by atoms with Gasteiger partial charge in [-0.25, -0.2) is 8.42 Å². The largest absolute Gasteiger partial charge is 0.392 e. The first-order valence-electron chi connectivity index (χ1n) is 5.29. The summed E-state index contributed by atoms with van der Waals surface area (Å²) in [5.41, 5.74) is 5.34. The second-order valence-corrected chi connectivity index (χ2v) is 7.56. The second-order valence-electron chi connectivity index (χ2n) is 4.08. The van der Waals surface area contributed by atoms with Gasteiger partial charge < -0.3 is 5.73 Å². The van der Waals surface area contributed by atoms with Crippen molar-refractivity contribution in [2.24, 2.45) is 5.73 Å². The highest BCUT2D eigenvalue weighted by Crippen LogP contribution is 2.31. The number of hydrogen-bond donors (Lipinski definition) is 1. The van der Waals surface area contributed by atoms with Crippen molar-refractivity contribution < 1.29 is 8.42 Å². The Morgan fingerprint density at radius 1 is 1.59 bits per heavy atom. The van der Waals surface area contributed by atoms with Crippen LogP contribution >= 0.6 is 23.6 Å². The number of nitrogens with zero attached hydrogens (tertiary/aromatic N) is 1. The fraction of sp³-hybridized carbons (Fsp3) is 0.500. The molecule has 4 nitrogen and oxygen atoms in total. The van der Waals surface area contributed by atoms with Crippen molar-refractivity contribution in [1.82, 2.24) is 4.31 Å². The fourth-order valence-corrected chi connectivity index (χ4v) is 4.39. The smallest absolute Gasteiger partial charge is 0.221 e. The van der Waals surface area contributed by atoms with E-state index >= 15 is 0 Å². The van der Waals surface area contributed by atoms with Gasteiger partial charge in [-0.15, -0.1) is 11.3 Å². The van der Waals surface area contributed by atoms with Crippen molar-refractivity contribution in [1.29, 1.82) is 0 Å². The first-order valence-corrected chi connectivity index (χ1v) is 8.19. The molecule has 17 heavy (non-hydrogen) atoms. The summed E-state index contributed by atoms with van der Waals surface area (Å²) in [5.74, 6) is -0.232. The van der Waals surface area contributed by atoms with Gasteiger partial charge in [0.2, 0.25) is 10.0 Å². The summed E-state index contributed by atoms with van der Waals surface area (Å²) in [5, 5.41) is 1.95. The molecule has 0 unspecified atom stereocenters. The van der Waals surface area contributed by atoms with Crippen LogP contribution in [0.4, 0.5) is 0 Å². The molecule has 1 aliphatic carbocycles. The maximum absolute atomic E-state index is 12.1. The van der Waals surface area contributed by atoms with E-state index in [0.29, 0.717) is 6.54 Å². The highest BCUT2D eigenvalue weighted by atomic mass is 32.2. The topological polar surface area (TPSA) is 63.4 Å². The number of nitrogens with two attached hydrogens (primary N) is 1. The number of hydrogen-bond acceptors (Lipinski definition) is 4. The Morgan fingerprint density at radius 3 is 2.76 bits per heavy atom. The van der Waals surface area contributed by atoms with E-state index in [9.17, 15) is 8.42 Å². The third-order valence-corrected chi connectivity index (χ3v) is 5.53. The molecule has 0 spiro atoms. The molecule has 1 heterocycles. The van der Waals surface area contributed by atoms with E-state index in [-0.39, 0.29) is 16.8 Å². The first kappa shape index (κ1) is 12.9. The van der Waals surface area contributed by atoms with Crippen LogP contribution in [0.5, 0.6) is 0 Å². The van der Waals surface area contributed by atoms with Crippen LogP contribution in [0.25, 0.3) is 0 Å². The van der Waals surface area contributed by atoms with E-state index in [1.165, 1.54) is 4.31 Å². The summed E-state index contributed by atoms with van der Waals surface area (Å²) in [6, 6.07) is 4.00. The molecule has 1 fully saturated rings. The normalized spacial score (nSPS) is 16.3. The molecule has 0 aromatic carbocycles. The molecule has 1 aliphatic rings. The van der Waals surface area contributed by atoms with Gasteiger partial charge in [0.25, 0.3) is 0 Å². The summed E-state index contributed by atoms with van der Waals surface area (Å²) < 4.78 is 25.8. The lowest BCUT2D eigenvalue weighted by Crippen LogP contribution is -2.37. The molecule has 0 amide bonds. The summed E-state index contributed by atoms with van der Waals surface area (Å²) in [4.78, 5) is 1.07. The van der Waals surface area contributed by atoms with Crippen molar-refractivity contribution in [2.45, 2.75) is 25.4 Å². The van der Waals surface area contributed by atoms with Gasteiger partial charge in [-0.3, -0.25) is 0 Å². The molecule has 94 valence electrons. The van der Waals surface area contributed by atoms with Crippen LogP contribution in [-0.4, -0.2) is 29.5 Å². The van der Waals surface area contributed by atoms with Gasteiger partial charge in [0, 0.05) is 17.5 Å². The highest BCUT2D eigenvalue weighted by Gasteiger charge is 2.37. The lowest BCUT2D eigenvalue weighted by atomic mass is 10.4. The number of sulfonamides is 1. The third kappa shape index (κ3) is 3.48. The average molecular weight is 290 g/mol. The Morgan fingerprint density at radius 2 is 2.29 bits per heavy atom. The van der Waals surface area contributed by atoms with E-state index in [4.69, 9.17) is 18.0 Å². The van der Waals surface area contributed by atoms with E-state index in [2.05, 4.69) is 0 Å². The average Bonchev–Trinajstić information content (AvgIpc) is 2.90. The van der Waals surface area contributed by atoms with Crippen LogP contribution in [-0.2, 0) is 16.6 Å². The van der Waals surface area contributed by atoms with E-state index in [1.54, 1.807) is 11.3 Å². The van der Waals surface area contributed by atoms with Crippen LogP contribution in [0.2, 0.25) is 0 Å². The monoisotopic (exact) mass is 290 g/mol. The Labute approximate surface area is 110 Å². The van der Waals surface area contributed by atoms with Gasteiger partial charge in [-0.05, 0) is 24.3 Å². The lowest BCUT2D eigenvalue weighted by Gasteiger charge is -2.20. The first-order chi connectivity index (χ1) is 7.99. The van der Waals surface area contributed by atoms with E-state index in [0.717, 1.165) is 17.7 Å². The predicted octanol–water partition coefficient (Wildman–Crippen LogP) is 1.33. The molecule has 7 heteroatoms. The number of thiophene rings is 1. The molecule has 2 N–H and O–H groups in total. The van der Waals surface area contributed by atoms with Gasteiger partial charge in [0.15, 0.2) is 0 Å². The van der Waals surface area contributed by atoms with Crippen molar-refractivity contribution in [3.63, 3.8) is 0 Å². The predicted molar refractivity (Wildman–Crippen MR) is 73.5 cm³/mol. The summed E-state index contributed by atoms with van der Waals surface area (Å²) in [7, 11) is -3.36. The zero-order chi connectivity index (χ0) is 12.5. The van der Waals surface area contributed by atoms with E-state index in [1.807, 2.05) is 17.5 Å². The molecule has 1 saturated carbocycles. The SMILES string of the molecule is NC(=S)CS(=O)(=O)N(Cc1cccs1)C1CC1.